The number of carbonyl (C=O) groups excluding carboxylic acids is 1. The van der Waals surface area contributed by atoms with Gasteiger partial charge in [-0.3, -0.25) is 14.5 Å². The summed E-state index contributed by atoms with van der Waals surface area (Å²) in [6.45, 7) is 2.18. The molecule has 1 unspecified atom stereocenters. The molecule has 8 heteroatoms. The lowest BCUT2D eigenvalue weighted by atomic mass is 10.3. The maximum Gasteiger partial charge on any atom is 0.262 e. The van der Waals surface area contributed by atoms with Crippen molar-refractivity contribution in [2.24, 2.45) is 4.99 Å². The monoisotopic (exact) mass is 329 g/mol. The van der Waals surface area contributed by atoms with Crippen LogP contribution in [0.4, 0.5) is 5.69 Å². The molecule has 6 nitrogen and oxygen atoms in total. The minimum absolute atomic E-state index is 0.0668. The fourth-order valence-corrected chi connectivity index (χ4v) is 3.01. The Hall–Kier alpha value is -1.60. The van der Waals surface area contributed by atoms with E-state index in [0.29, 0.717) is 24.5 Å². The number of rotatable bonds is 4. The molecule has 0 bridgehead atoms. The molecule has 1 aliphatic rings. The highest BCUT2D eigenvalue weighted by Gasteiger charge is 2.19. The first-order chi connectivity index (χ1) is 9.88. The average molecular weight is 330 g/mol. The van der Waals surface area contributed by atoms with E-state index < -0.39 is 15.4 Å². The zero-order valence-corrected chi connectivity index (χ0v) is 13.0. The highest BCUT2D eigenvalue weighted by Crippen LogP contribution is 2.17. The van der Waals surface area contributed by atoms with Gasteiger partial charge in [-0.2, -0.15) is 0 Å². The second kappa shape index (κ2) is 6.44. The lowest BCUT2D eigenvalue weighted by Gasteiger charge is -2.10. The maximum atomic E-state index is 12.2. The number of anilines is 1. The van der Waals surface area contributed by atoms with E-state index in [4.69, 9.17) is 11.6 Å². The Morgan fingerprint density at radius 3 is 2.81 bits per heavy atom. The van der Waals surface area contributed by atoms with Crippen LogP contribution in [0.2, 0.25) is 0 Å². The van der Waals surface area contributed by atoms with E-state index >= 15 is 0 Å². The van der Waals surface area contributed by atoms with Crippen molar-refractivity contribution < 1.29 is 13.2 Å². The molecule has 0 spiro atoms. The number of sulfonamides is 1. The van der Waals surface area contributed by atoms with Crippen molar-refractivity contribution in [2.75, 3.05) is 11.9 Å². The third kappa shape index (κ3) is 4.18. The fraction of sp³-hybridized carbons (Fsp3) is 0.385. The molecule has 0 aliphatic carbocycles. The number of hydrogen-bond acceptors (Lipinski definition) is 4. The van der Waals surface area contributed by atoms with E-state index in [1.807, 2.05) is 0 Å². The highest BCUT2D eigenvalue weighted by atomic mass is 35.5. The van der Waals surface area contributed by atoms with Crippen LogP contribution in [0.3, 0.4) is 0 Å². The van der Waals surface area contributed by atoms with E-state index in [1.165, 1.54) is 19.1 Å². The van der Waals surface area contributed by atoms with E-state index in [-0.39, 0.29) is 10.8 Å². The van der Waals surface area contributed by atoms with Crippen LogP contribution in [0.1, 0.15) is 19.8 Å². The van der Waals surface area contributed by atoms with Gasteiger partial charge in [-0.05, 0) is 31.5 Å². The van der Waals surface area contributed by atoms with Gasteiger partial charge in [-0.1, -0.05) is 6.07 Å². The van der Waals surface area contributed by atoms with Gasteiger partial charge in [0.15, 0.2) is 0 Å². The first kappa shape index (κ1) is 15.8. The molecule has 2 N–H and O–H groups in total. The quantitative estimate of drug-likeness (QED) is 0.824. The Morgan fingerprint density at radius 1 is 1.43 bits per heavy atom. The molecule has 1 amide bonds. The fourth-order valence-electron chi connectivity index (χ4n) is 1.82. The number of aliphatic imine (C=N–C) groups is 1. The van der Waals surface area contributed by atoms with Crippen molar-refractivity contribution in [3.05, 3.63) is 24.3 Å². The number of nitrogens with one attached hydrogen (secondary N) is 2. The van der Waals surface area contributed by atoms with Gasteiger partial charge in [0.2, 0.25) is 5.91 Å². The predicted octanol–water partition coefficient (Wildman–Crippen LogP) is 1.72. The summed E-state index contributed by atoms with van der Waals surface area (Å²) in [6.07, 6.45) is 1.47. The SMILES string of the molecule is CC(Cl)C(=O)Nc1cccc(S(=O)(=O)NC2=NCCC2)c1. The lowest BCUT2D eigenvalue weighted by Crippen LogP contribution is -2.29. The van der Waals surface area contributed by atoms with Crippen molar-refractivity contribution in [3.8, 4) is 0 Å². The number of benzene rings is 1. The Balaban J connectivity index is 2.17. The minimum atomic E-state index is -3.69. The minimum Gasteiger partial charge on any atom is -0.325 e. The van der Waals surface area contributed by atoms with E-state index in [9.17, 15) is 13.2 Å². The summed E-state index contributed by atoms with van der Waals surface area (Å²) in [5.41, 5.74) is 0.378. The molecule has 0 aromatic heterocycles. The van der Waals surface area contributed by atoms with Gasteiger partial charge >= 0.3 is 0 Å². The second-order valence-corrected chi connectivity index (χ2v) is 7.01. The maximum absolute atomic E-state index is 12.2. The predicted molar refractivity (Wildman–Crippen MR) is 82.2 cm³/mol. The molecule has 1 aromatic rings. The van der Waals surface area contributed by atoms with Crippen molar-refractivity contribution in [3.63, 3.8) is 0 Å². The molecule has 114 valence electrons. The topological polar surface area (TPSA) is 87.6 Å². The molecular weight excluding hydrogens is 314 g/mol. The van der Waals surface area contributed by atoms with Crippen LogP contribution in [0, 0.1) is 0 Å². The van der Waals surface area contributed by atoms with Crippen LogP contribution < -0.4 is 10.0 Å². The summed E-state index contributed by atoms with van der Waals surface area (Å²) in [4.78, 5) is 15.7. The number of nitrogens with zero attached hydrogens (tertiary/aromatic N) is 1. The van der Waals surface area contributed by atoms with Gasteiger partial charge in [0, 0.05) is 18.7 Å². The van der Waals surface area contributed by atoms with E-state index in [1.54, 1.807) is 12.1 Å². The normalized spacial score (nSPS) is 16.2. The molecular formula is C13H16ClN3O3S. The molecule has 0 fully saturated rings. The summed E-state index contributed by atoms with van der Waals surface area (Å²) in [7, 11) is -3.69. The summed E-state index contributed by atoms with van der Waals surface area (Å²) < 4.78 is 26.9. The van der Waals surface area contributed by atoms with Crippen molar-refractivity contribution in [1.82, 2.24) is 4.72 Å². The third-order valence-electron chi connectivity index (χ3n) is 2.90. The van der Waals surface area contributed by atoms with Crippen molar-refractivity contribution in [2.45, 2.75) is 30.0 Å². The number of amidine groups is 1. The average Bonchev–Trinajstić information content (AvgIpc) is 2.91. The highest BCUT2D eigenvalue weighted by molar-refractivity contribution is 7.90. The van der Waals surface area contributed by atoms with E-state index in [2.05, 4.69) is 15.0 Å². The molecule has 2 rings (SSSR count). The Kier molecular flexibility index (Phi) is 4.84. The van der Waals surface area contributed by atoms with Gasteiger partial charge in [-0.15, -0.1) is 11.6 Å². The molecule has 21 heavy (non-hydrogen) atoms. The van der Waals surface area contributed by atoms with Crippen molar-refractivity contribution in [1.29, 1.82) is 0 Å². The largest absolute Gasteiger partial charge is 0.325 e. The lowest BCUT2D eigenvalue weighted by molar-refractivity contribution is -0.115. The Morgan fingerprint density at radius 2 is 2.19 bits per heavy atom. The molecule has 0 saturated heterocycles. The van der Waals surface area contributed by atoms with Crippen LogP contribution in [0.15, 0.2) is 34.2 Å². The number of halogens is 1. The van der Waals surface area contributed by atoms with Crippen LogP contribution >= 0.6 is 11.6 Å². The summed E-state index contributed by atoms with van der Waals surface area (Å²) in [5, 5.41) is 1.86. The van der Waals surface area contributed by atoms with E-state index in [0.717, 1.165) is 6.42 Å². The number of carbonyl (C=O) groups is 1. The van der Waals surface area contributed by atoms with Crippen LogP contribution in [-0.4, -0.2) is 32.1 Å². The smallest absolute Gasteiger partial charge is 0.262 e. The van der Waals surface area contributed by atoms with Crippen LogP contribution in [0.5, 0.6) is 0 Å². The molecule has 1 heterocycles. The zero-order valence-electron chi connectivity index (χ0n) is 11.5. The Bertz CT molecular complexity index is 671. The molecule has 1 aliphatic heterocycles. The van der Waals surface area contributed by atoms with Gasteiger partial charge in [0.05, 0.1) is 4.90 Å². The molecule has 0 radical (unpaired) electrons. The number of amides is 1. The van der Waals surface area contributed by atoms with Crippen LogP contribution in [0.25, 0.3) is 0 Å². The standard InChI is InChI=1S/C13H16ClN3O3S/c1-9(14)13(18)16-10-4-2-5-11(8-10)21(19,20)17-12-6-3-7-15-12/h2,4-5,8-9H,3,6-7H2,1H3,(H,15,17)(H,16,18). The Labute approximate surface area is 128 Å². The van der Waals surface area contributed by atoms with Gasteiger partial charge in [-0.25, -0.2) is 8.42 Å². The van der Waals surface area contributed by atoms with Gasteiger partial charge in [0.1, 0.15) is 11.2 Å². The summed E-state index contributed by atoms with van der Waals surface area (Å²) >= 11 is 5.66. The zero-order chi connectivity index (χ0) is 15.5. The first-order valence-corrected chi connectivity index (χ1v) is 8.41. The number of alkyl halides is 1. The molecule has 1 aromatic carbocycles. The van der Waals surface area contributed by atoms with Gasteiger partial charge in [0.25, 0.3) is 10.0 Å². The van der Waals surface area contributed by atoms with Gasteiger partial charge < -0.3 is 5.32 Å². The molecule has 0 saturated carbocycles. The van der Waals surface area contributed by atoms with Crippen LogP contribution in [-0.2, 0) is 14.8 Å². The summed E-state index contributed by atoms with van der Waals surface area (Å²) in [6, 6.07) is 6.00. The summed E-state index contributed by atoms with van der Waals surface area (Å²) in [5.74, 6) is 0.0816. The third-order valence-corrected chi connectivity index (χ3v) is 4.48. The molecule has 1 atom stereocenters. The number of hydrogen-bond donors (Lipinski definition) is 2. The van der Waals surface area contributed by atoms with Crippen molar-refractivity contribution >= 4 is 39.1 Å². The second-order valence-electron chi connectivity index (χ2n) is 4.67. The first-order valence-electron chi connectivity index (χ1n) is 6.49.